The minimum Gasteiger partial charge on any atom is -0.462 e. The smallest absolute Gasteiger partial charge is 0.339 e. The number of carbonyl (C=O) groups excluding carboxylic acids is 2. The zero-order valence-electron chi connectivity index (χ0n) is 18.6. The minimum atomic E-state index is -0.370. The van der Waals surface area contributed by atoms with E-state index in [0.717, 1.165) is 22.9 Å². The van der Waals surface area contributed by atoms with Gasteiger partial charge in [0.15, 0.2) is 0 Å². The Kier molecular flexibility index (Phi) is 6.20. The molecule has 3 aromatic rings. The van der Waals surface area contributed by atoms with Gasteiger partial charge in [-0.05, 0) is 63.2 Å². The summed E-state index contributed by atoms with van der Waals surface area (Å²) in [6.45, 7) is 8.67. The Labute approximate surface area is 187 Å². The molecule has 3 heterocycles. The highest BCUT2D eigenvalue weighted by atomic mass is 16.5. The van der Waals surface area contributed by atoms with Crippen molar-refractivity contribution < 1.29 is 14.3 Å². The predicted molar refractivity (Wildman–Crippen MR) is 121 cm³/mol. The van der Waals surface area contributed by atoms with Crippen LogP contribution in [0.3, 0.4) is 0 Å². The second kappa shape index (κ2) is 9.21. The number of nitrogens with zero attached hydrogens (tertiary/aromatic N) is 5. The Hall–Kier alpha value is -3.68. The molecule has 0 bridgehead atoms. The summed E-state index contributed by atoms with van der Waals surface area (Å²) in [7, 11) is 0. The number of hydrogen-bond acceptors (Lipinski definition) is 6. The molecule has 1 aliphatic heterocycles. The van der Waals surface area contributed by atoms with Crippen LogP contribution in [0.25, 0.3) is 5.69 Å². The fourth-order valence-electron chi connectivity index (χ4n) is 3.87. The van der Waals surface area contributed by atoms with Crippen molar-refractivity contribution >= 4 is 17.7 Å². The average Bonchev–Trinajstić information content (AvgIpc) is 3.17. The third-order valence-electron chi connectivity index (χ3n) is 5.52. The van der Waals surface area contributed by atoms with E-state index in [-0.39, 0.29) is 11.9 Å². The molecule has 0 saturated carbocycles. The van der Waals surface area contributed by atoms with Crippen LogP contribution < -0.4 is 4.90 Å². The van der Waals surface area contributed by atoms with Crippen LogP contribution in [0.1, 0.15) is 39.0 Å². The number of carbonyl (C=O) groups is 2. The zero-order chi connectivity index (χ0) is 22.7. The van der Waals surface area contributed by atoms with Crippen LogP contribution in [0.2, 0.25) is 0 Å². The number of pyridine rings is 1. The molecule has 4 rings (SSSR count). The SMILES string of the molecule is CCOC(=O)c1ccc(N2CCN(C(=O)c3ccc(-n4nc(C)cc4C)cc3)CC2)nc1. The van der Waals surface area contributed by atoms with Gasteiger partial charge in [0, 0.05) is 43.6 Å². The normalized spacial score (nSPS) is 13.8. The lowest BCUT2D eigenvalue weighted by molar-refractivity contribution is 0.0525. The number of anilines is 1. The Morgan fingerprint density at radius 2 is 1.66 bits per heavy atom. The average molecular weight is 434 g/mol. The largest absolute Gasteiger partial charge is 0.462 e. The second-order valence-corrected chi connectivity index (χ2v) is 7.79. The van der Waals surface area contributed by atoms with Gasteiger partial charge >= 0.3 is 5.97 Å². The van der Waals surface area contributed by atoms with Gasteiger partial charge in [-0.25, -0.2) is 14.5 Å². The van der Waals surface area contributed by atoms with Crippen molar-refractivity contribution in [2.75, 3.05) is 37.7 Å². The monoisotopic (exact) mass is 433 g/mol. The molecule has 1 fully saturated rings. The van der Waals surface area contributed by atoms with Crippen LogP contribution in [-0.4, -0.2) is 64.3 Å². The highest BCUT2D eigenvalue weighted by Crippen LogP contribution is 2.18. The van der Waals surface area contributed by atoms with Crippen molar-refractivity contribution in [3.05, 3.63) is 71.2 Å². The lowest BCUT2D eigenvalue weighted by atomic mass is 10.1. The molecule has 0 N–H and O–H groups in total. The molecule has 1 amide bonds. The lowest BCUT2D eigenvalue weighted by Gasteiger charge is -2.35. The zero-order valence-corrected chi connectivity index (χ0v) is 18.6. The summed E-state index contributed by atoms with van der Waals surface area (Å²) in [5.74, 6) is 0.445. The third kappa shape index (κ3) is 4.49. The maximum absolute atomic E-state index is 13.0. The molecule has 0 atom stereocenters. The maximum Gasteiger partial charge on any atom is 0.339 e. The number of aryl methyl sites for hydroxylation is 2. The van der Waals surface area contributed by atoms with Crippen molar-refractivity contribution in [1.82, 2.24) is 19.7 Å². The summed E-state index contributed by atoms with van der Waals surface area (Å²) < 4.78 is 6.87. The van der Waals surface area contributed by atoms with Crippen molar-refractivity contribution in [2.45, 2.75) is 20.8 Å². The van der Waals surface area contributed by atoms with Crippen molar-refractivity contribution in [3.63, 3.8) is 0 Å². The van der Waals surface area contributed by atoms with E-state index in [0.29, 0.717) is 43.9 Å². The van der Waals surface area contributed by atoms with E-state index in [9.17, 15) is 9.59 Å². The van der Waals surface area contributed by atoms with E-state index in [1.807, 2.05) is 59.8 Å². The minimum absolute atomic E-state index is 0.0233. The second-order valence-electron chi connectivity index (χ2n) is 7.79. The number of piperazine rings is 1. The predicted octanol–water partition coefficient (Wildman–Crippen LogP) is 3.02. The first kappa shape index (κ1) is 21.5. The molecule has 0 spiro atoms. The van der Waals surface area contributed by atoms with Crippen molar-refractivity contribution in [2.24, 2.45) is 0 Å². The van der Waals surface area contributed by atoms with Crippen LogP contribution in [0.4, 0.5) is 5.82 Å². The molecule has 32 heavy (non-hydrogen) atoms. The molecule has 0 unspecified atom stereocenters. The van der Waals surface area contributed by atoms with Gasteiger partial charge in [0.2, 0.25) is 0 Å². The standard InChI is InChI=1S/C24H27N5O3/c1-4-32-24(31)20-7-10-22(25-16-20)27-11-13-28(14-12-27)23(30)19-5-8-21(9-6-19)29-18(3)15-17(2)26-29/h5-10,15-16H,4,11-14H2,1-3H3. The molecule has 1 aliphatic rings. The lowest BCUT2D eigenvalue weighted by Crippen LogP contribution is -2.49. The van der Waals surface area contributed by atoms with Gasteiger partial charge in [0.25, 0.3) is 5.91 Å². The molecule has 1 aromatic carbocycles. The van der Waals surface area contributed by atoms with Crippen LogP contribution in [0.5, 0.6) is 0 Å². The number of hydrogen-bond donors (Lipinski definition) is 0. The number of amides is 1. The fourth-order valence-corrected chi connectivity index (χ4v) is 3.87. The van der Waals surface area contributed by atoms with E-state index in [1.165, 1.54) is 6.20 Å². The Morgan fingerprint density at radius 1 is 0.969 bits per heavy atom. The number of benzene rings is 1. The number of rotatable bonds is 5. The molecule has 8 heteroatoms. The van der Waals surface area contributed by atoms with E-state index >= 15 is 0 Å². The molecule has 0 aliphatic carbocycles. The van der Waals surface area contributed by atoms with Crippen LogP contribution in [0, 0.1) is 13.8 Å². The summed E-state index contributed by atoms with van der Waals surface area (Å²) in [4.78, 5) is 33.1. The topological polar surface area (TPSA) is 80.6 Å². The summed E-state index contributed by atoms with van der Waals surface area (Å²) in [5, 5.41) is 4.49. The number of esters is 1. The van der Waals surface area contributed by atoms with Crippen LogP contribution in [-0.2, 0) is 4.74 Å². The van der Waals surface area contributed by atoms with Crippen LogP contribution >= 0.6 is 0 Å². The van der Waals surface area contributed by atoms with Gasteiger partial charge in [0.1, 0.15) is 5.82 Å². The number of ether oxygens (including phenoxy) is 1. The molecule has 1 saturated heterocycles. The van der Waals surface area contributed by atoms with Gasteiger partial charge in [0.05, 0.1) is 23.6 Å². The van der Waals surface area contributed by atoms with Gasteiger partial charge in [-0.1, -0.05) is 0 Å². The fraction of sp³-hybridized carbons (Fsp3) is 0.333. The Balaban J connectivity index is 1.36. The Morgan fingerprint density at radius 3 is 2.22 bits per heavy atom. The van der Waals surface area contributed by atoms with Crippen LogP contribution in [0.15, 0.2) is 48.7 Å². The van der Waals surface area contributed by atoms with Gasteiger partial charge in [-0.2, -0.15) is 5.10 Å². The van der Waals surface area contributed by atoms with E-state index in [4.69, 9.17) is 4.74 Å². The maximum atomic E-state index is 13.0. The Bertz CT molecular complexity index is 1100. The molecule has 8 nitrogen and oxygen atoms in total. The summed E-state index contributed by atoms with van der Waals surface area (Å²) in [5.41, 5.74) is 4.07. The van der Waals surface area contributed by atoms with E-state index < -0.39 is 0 Å². The molecule has 0 radical (unpaired) electrons. The first-order chi connectivity index (χ1) is 15.5. The van der Waals surface area contributed by atoms with Crippen molar-refractivity contribution in [1.29, 1.82) is 0 Å². The molecular formula is C24H27N5O3. The molecule has 166 valence electrons. The van der Waals surface area contributed by atoms with Gasteiger partial charge in [-0.15, -0.1) is 0 Å². The summed E-state index contributed by atoms with van der Waals surface area (Å²) in [6.07, 6.45) is 1.54. The number of aromatic nitrogens is 3. The third-order valence-corrected chi connectivity index (χ3v) is 5.52. The first-order valence-corrected chi connectivity index (χ1v) is 10.8. The van der Waals surface area contributed by atoms with E-state index in [2.05, 4.69) is 15.0 Å². The first-order valence-electron chi connectivity index (χ1n) is 10.8. The molecule has 2 aromatic heterocycles. The molecular weight excluding hydrogens is 406 g/mol. The van der Waals surface area contributed by atoms with Crippen molar-refractivity contribution in [3.8, 4) is 5.69 Å². The summed E-state index contributed by atoms with van der Waals surface area (Å²) >= 11 is 0. The quantitative estimate of drug-likeness (QED) is 0.576. The highest BCUT2D eigenvalue weighted by molar-refractivity contribution is 5.94. The summed E-state index contributed by atoms with van der Waals surface area (Å²) in [6, 6.07) is 13.1. The van der Waals surface area contributed by atoms with Gasteiger partial charge < -0.3 is 14.5 Å². The van der Waals surface area contributed by atoms with E-state index in [1.54, 1.807) is 13.0 Å². The van der Waals surface area contributed by atoms with Gasteiger partial charge in [-0.3, -0.25) is 4.79 Å². The highest BCUT2D eigenvalue weighted by Gasteiger charge is 2.23.